The van der Waals surface area contributed by atoms with Crippen LogP contribution in [0.2, 0.25) is 0 Å². The van der Waals surface area contributed by atoms with E-state index in [9.17, 15) is 4.79 Å². The lowest BCUT2D eigenvalue weighted by Crippen LogP contribution is -2.31. The van der Waals surface area contributed by atoms with Gasteiger partial charge in [0.2, 0.25) is 0 Å². The molecule has 0 atom stereocenters. The maximum Gasteiger partial charge on any atom is 0.254 e. The molecule has 3 rings (SSSR count). The fourth-order valence-corrected chi connectivity index (χ4v) is 2.54. The van der Waals surface area contributed by atoms with Crippen LogP contribution in [0, 0.1) is 0 Å². The number of fused-ring (bicyclic) bond motifs is 1. The topological polar surface area (TPSA) is 73.9 Å². The van der Waals surface area contributed by atoms with Gasteiger partial charge in [0.05, 0.1) is 6.54 Å². The van der Waals surface area contributed by atoms with E-state index in [4.69, 9.17) is 0 Å². The summed E-state index contributed by atoms with van der Waals surface area (Å²) >= 11 is 0. The molecule has 0 unspecified atom stereocenters. The van der Waals surface area contributed by atoms with E-state index in [0.717, 1.165) is 25.1 Å². The van der Waals surface area contributed by atoms with Gasteiger partial charge in [0.15, 0.2) is 0 Å². The second kappa shape index (κ2) is 5.42. The van der Waals surface area contributed by atoms with Crippen LogP contribution in [-0.2, 0) is 19.5 Å². The van der Waals surface area contributed by atoms with E-state index in [1.165, 1.54) is 17.5 Å². The van der Waals surface area contributed by atoms with Crippen molar-refractivity contribution in [1.82, 2.24) is 25.4 Å². The number of nitrogens with zero attached hydrogens (tertiary/aromatic N) is 3. The van der Waals surface area contributed by atoms with Crippen LogP contribution in [0.3, 0.4) is 0 Å². The molecule has 0 fully saturated rings. The summed E-state index contributed by atoms with van der Waals surface area (Å²) in [6.45, 7) is 2.19. The average Bonchev–Trinajstić information content (AvgIpc) is 2.99. The third-order valence-corrected chi connectivity index (χ3v) is 3.57. The molecular weight excluding hydrogens is 254 g/mol. The minimum atomic E-state index is 0.0279. The predicted octanol–water partition coefficient (Wildman–Crippen LogP) is 0.723. The monoisotopic (exact) mass is 271 g/mol. The minimum absolute atomic E-state index is 0.0279. The number of nitrogens with one attached hydrogen (secondary N) is 2. The second-order valence-corrected chi connectivity index (χ2v) is 4.96. The summed E-state index contributed by atoms with van der Waals surface area (Å²) in [6, 6.07) is 5.93. The van der Waals surface area contributed by atoms with E-state index < -0.39 is 0 Å². The molecule has 0 aliphatic carbocycles. The molecule has 2 heterocycles. The van der Waals surface area contributed by atoms with E-state index in [0.29, 0.717) is 12.4 Å². The van der Waals surface area contributed by atoms with E-state index in [1.807, 2.05) is 12.1 Å². The molecule has 1 aromatic carbocycles. The van der Waals surface area contributed by atoms with Crippen molar-refractivity contribution in [1.29, 1.82) is 0 Å². The quantitative estimate of drug-likeness (QED) is 0.863. The SMILES string of the molecule is CN(Cc1ncn[nH]1)C(=O)c1cccc2c1CCNC2. The second-order valence-electron chi connectivity index (χ2n) is 4.96. The van der Waals surface area contributed by atoms with Crippen molar-refractivity contribution in [2.75, 3.05) is 13.6 Å². The van der Waals surface area contributed by atoms with Gasteiger partial charge in [0, 0.05) is 19.2 Å². The normalized spacial score (nSPS) is 13.8. The number of hydrogen-bond acceptors (Lipinski definition) is 4. The van der Waals surface area contributed by atoms with Crippen LogP contribution in [0.15, 0.2) is 24.5 Å². The number of hydrogen-bond donors (Lipinski definition) is 2. The molecule has 0 saturated heterocycles. The first-order chi connectivity index (χ1) is 9.75. The zero-order valence-electron chi connectivity index (χ0n) is 11.4. The lowest BCUT2D eigenvalue weighted by atomic mass is 9.95. The summed E-state index contributed by atoms with van der Waals surface area (Å²) in [6.07, 6.45) is 2.34. The van der Waals surface area contributed by atoms with Gasteiger partial charge in [-0.2, -0.15) is 5.10 Å². The minimum Gasteiger partial charge on any atom is -0.334 e. The lowest BCUT2D eigenvalue weighted by molar-refractivity contribution is 0.0780. The van der Waals surface area contributed by atoms with Gasteiger partial charge >= 0.3 is 0 Å². The van der Waals surface area contributed by atoms with Crippen LogP contribution in [0.1, 0.15) is 27.3 Å². The Morgan fingerprint density at radius 2 is 2.35 bits per heavy atom. The highest BCUT2D eigenvalue weighted by atomic mass is 16.2. The van der Waals surface area contributed by atoms with Gasteiger partial charge in [0.25, 0.3) is 5.91 Å². The number of aromatic amines is 1. The van der Waals surface area contributed by atoms with E-state index in [-0.39, 0.29) is 5.91 Å². The summed E-state index contributed by atoms with van der Waals surface area (Å²) in [5.74, 6) is 0.715. The standard InChI is InChI=1S/C14H17N5O/c1-19(8-13-16-9-17-18-13)14(20)12-4-2-3-10-7-15-6-5-11(10)12/h2-4,9,15H,5-8H2,1H3,(H,16,17,18). The summed E-state index contributed by atoms with van der Waals surface area (Å²) < 4.78 is 0. The number of carbonyl (C=O) groups is 1. The highest BCUT2D eigenvalue weighted by Gasteiger charge is 2.20. The summed E-state index contributed by atoms with van der Waals surface area (Å²) in [5, 5.41) is 9.89. The summed E-state index contributed by atoms with van der Waals surface area (Å²) in [5.41, 5.74) is 3.18. The van der Waals surface area contributed by atoms with Crippen LogP contribution in [0.25, 0.3) is 0 Å². The van der Waals surface area contributed by atoms with Gasteiger partial charge in [0.1, 0.15) is 12.2 Å². The molecule has 1 aliphatic heterocycles. The Morgan fingerprint density at radius 3 is 3.15 bits per heavy atom. The van der Waals surface area contributed by atoms with Gasteiger partial charge in [-0.15, -0.1) is 0 Å². The highest BCUT2D eigenvalue weighted by Crippen LogP contribution is 2.20. The average molecular weight is 271 g/mol. The van der Waals surface area contributed by atoms with Crippen LogP contribution < -0.4 is 5.32 Å². The number of amides is 1. The molecule has 1 amide bonds. The molecule has 20 heavy (non-hydrogen) atoms. The molecule has 0 spiro atoms. The van der Waals surface area contributed by atoms with Gasteiger partial charge in [-0.1, -0.05) is 12.1 Å². The molecule has 6 heteroatoms. The maximum absolute atomic E-state index is 12.6. The van der Waals surface area contributed by atoms with E-state index in [2.05, 4.69) is 26.6 Å². The first kappa shape index (κ1) is 12.8. The Kier molecular flexibility index (Phi) is 3.47. The van der Waals surface area contributed by atoms with Gasteiger partial charge in [-0.3, -0.25) is 9.89 Å². The Bertz CT molecular complexity index is 608. The molecule has 104 valence electrons. The number of aromatic nitrogens is 3. The first-order valence-electron chi connectivity index (χ1n) is 6.67. The largest absolute Gasteiger partial charge is 0.334 e. The van der Waals surface area contributed by atoms with Crippen molar-refractivity contribution in [2.45, 2.75) is 19.5 Å². The van der Waals surface area contributed by atoms with Crippen LogP contribution in [0.4, 0.5) is 0 Å². The van der Waals surface area contributed by atoms with Crippen molar-refractivity contribution in [2.24, 2.45) is 0 Å². The molecule has 0 bridgehead atoms. The highest BCUT2D eigenvalue weighted by molar-refractivity contribution is 5.95. The number of rotatable bonds is 3. The van der Waals surface area contributed by atoms with Crippen molar-refractivity contribution < 1.29 is 4.79 Å². The Labute approximate surface area is 117 Å². The van der Waals surface area contributed by atoms with Crippen molar-refractivity contribution in [3.05, 3.63) is 47.0 Å². The van der Waals surface area contributed by atoms with Gasteiger partial charge < -0.3 is 10.2 Å². The molecule has 0 saturated carbocycles. The van der Waals surface area contributed by atoms with Crippen LogP contribution in [0.5, 0.6) is 0 Å². The first-order valence-corrected chi connectivity index (χ1v) is 6.67. The molecule has 2 N–H and O–H groups in total. The Morgan fingerprint density at radius 1 is 1.45 bits per heavy atom. The van der Waals surface area contributed by atoms with E-state index in [1.54, 1.807) is 11.9 Å². The molecule has 1 aromatic heterocycles. The number of carbonyl (C=O) groups excluding carboxylic acids is 1. The third kappa shape index (κ3) is 2.42. The molecule has 0 radical (unpaired) electrons. The van der Waals surface area contributed by atoms with Crippen molar-refractivity contribution in [3.63, 3.8) is 0 Å². The maximum atomic E-state index is 12.6. The number of H-pyrrole nitrogens is 1. The van der Waals surface area contributed by atoms with Crippen molar-refractivity contribution in [3.8, 4) is 0 Å². The van der Waals surface area contributed by atoms with Crippen molar-refractivity contribution >= 4 is 5.91 Å². The molecule has 2 aromatic rings. The van der Waals surface area contributed by atoms with E-state index >= 15 is 0 Å². The van der Waals surface area contributed by atoms with Gasteiger partial charge in [-0.25, -0.2) is 4.98 Å². The Hall–Kier alpha value is -2.21. The fourth-order valence-electron chi connectivity index (χ4n) is 2.54. The zero-order valence-corrected chi connectivity index (χ0v) is 11.4. The summed E-state index contributed by atoms with van der Waals surface area (Å²) in [7, 11) is 1.78. The Balaban J connectivity index is 1.83. The molecule has 6 nitrogen and oxygen atoms in total. The lowest BCUT2D eigenvalue weighted by Gasteiger charge is -2.22. The van der Waals surface area contributed by atoms with Gasteiger partial charge in [-0.05, 0) is 30.2 Å². The smallest absolute Gasteiger partial charge is 0.254 e. The predicted molar refractivity (Wildman–Crippen MR) is 74.0 cm³/mol. The molecular formula is C14H17N5O. The van der Waals surface area contributed by atoms with Crippen LogP contribution >= 0.6 is 0 Å². The summed E-state index contributed by atoms with van der Waals surface area (Å²) in [4.78, 5) is 18.3. The fraction of sp³-hybridized carbons (Fsp3) is 0.357. The number of benzene rings is 1. The van der Waals surface area contributed by atoms with Crippen LogP contribution in [-0.4, -0.2) is 39.6 Å². The molecule has 1 aliphatic rings. The zero-order chi connectivity index (χ0) is 13.9. The third-order valence-electron chi connectivity index (χ3n) is 3.57.